The van der Waals surface area contributed by atoms with Gasteiger partial charge in [-0.15, -0.1) is 0 Å². The summed E-state index contributed by atoms with van der Waals surface area (Å²) in [6, 6.07) is 6.56. The zero-order valence-electron chi connectivity index (χ0n) is 12.0. The highest BCUT2D eigenvalue weighted by Crippen LogP contribution is 2.29. The first-order chi connectivity index (χ1) is 10.7. The lowest BCUT2D eigenvalue weighted by Gasteiger charge is -2.36. The van der Waals surface area contributed by atoms with Gasteiger partial charge in [0.15, 0.2) is 6.10 Å². The van der Waals surface area contributed by atoms with E-state index in [9.17, 15) is 9.59 Å². The van der Waals surface area contributed by atoms with Crippen molar-refractivity contribution in [2.45, 2.75) is 12.1 Å². The molecule has 2 saturated heterocycles. The standard InChI is InChI=1S/C15H17ClN2O4/c16-11-4-2-1-3-10(11)13-14(22-9-12(19)17-13)15(20)18-5-7-21-8-6-18/h1-4,13-14H,5-9H2,(H,17,19)/t13-,14+/m1/s1. The Balaban J connectivity index is 1.85. The summed E-state index contributed by atoms with van der Waals surface area (Å²) in [7, 11) is 0. The molecule has 1 aromatic carbocycles. The number of halogens is 1. The molecule has 2 heterocycles. The third-order valence-electron chi connectivity index (χ3n) is 3.82. The Morgan fingerprint density at radius 2 is 2.00 bits per heavy atom. The van der Waals surface area contributed by atoms with Gasteiger partial charge in [-0.2, -0.15) is 0 Å². The van der Waals surface area contributed by atoms with Crippen LogP contribution in [0.4, 0.5) is 0 Å². The molecule has 0 bridgehead atoms. The van der Waals surface area contributed by atoms with Crippen LogP contribution >= 0.6 is 11.6 Å². The summed E-state index contributed by atoms with van der Waals surface area (Å²) in [5.41, 5.74) is 0.684. The number of carbonyl (C=O) groups excluding carboxylic acids is 2. The summed E-state index contributed by atoms with van der Waals surface area (Å²) in [5, 5.41) is 3.31. The molecule has 1 N–H and O–H groups in total. The number of hydrogen-bond donors (Lipinski definition) is 1. The van der Waals surface area contributed by atoms with Crippen LogP contribution in [0.25, 0.3) is 0 Å². The van der Waals surface area contributed by atoms with Crippen molar-refractivity contribution < 1.29 is 19.1 Å². The van der Waals surface area contributed by atoms with Crippen molar-refractivity contribution in [1.82, 2.24) is 10.2 Å². The molecule has 2 aliphatic rings. The number of benzene rings is 1. The van der Waals surface area contributed by atoms with Crippen LogP contribution in [-0.2, 0) is 19.1 Å². The van der Waals surface area contributed by atoms with Crippen LogP contribution < -0.4 is 5.32 Å². The Morgan fingerprint density at radius 1 is 1.27 bits per heavy atom. The fourth-order valence-electron chi connectivity index (χ4n) is 2.70. The summed E-state index contributed by atoms with van der Waals surface area (Å²) in [4.78, 5) is 26.1. The van der Waals surface area contributed by atoms with Gasteiger partial charge in [0, 0.05) is 18.1 Å². The number of morpholine rings is 2. The molecular weight excluding hydrogens is 308 g/mol. The van der Waals surface area contributed by atoms with Crippen LogP contribution in [0.15, 0.2) is 24.3 Å². The first-order valence-corrected chi connectivity index (χ1v) is 7.56. The third-order valence-corrected chi connectivity index (χ3v) is 4.16. The second-order valence-electron chi connectivity index (χ2n) is 5.24. The third kappa shape index (κ3) is 3.09. The molecule has 0 saturated carbocycles. The van der Waals surface area contributed by atoms with Crippen LogP contribution in [0.5, 0.6) is 0 Å². The van der Waals surface area contributed by atoms with Gasteiger partial charge >= 0.3 is 0 Å². The minimum atomic E-state index is -0.768. The van der Waals surface area contributed by atoms with Gasteiger partial charge in [-0.3, -0.25) is 9.59 Å². The smallest absolute Gasteiger partial charge is 0.254 e. The van der Waals surface area contributed by atoms with E-state index in [1.54, 1.807) is 23.1 Å². The number of nitrogens with one attached hydrogen (secondary N) is 1. The van der Waals surface area contributed by atoms with Crippen molar-refractivity contribution >= 4 is 23.4 Å². The van der Waals surface area contributed by atoms with Gasteiger partial charge in [-0.05, 0) is 11.6 Å². The van der Waals surface area contributed by atoms with E-state index in [1.165, 1.54) is 0 Å². The van der Waals surface area contributed by atoms with Gasteiger partial charge < -0.3 is 19.7 Å². The van der Waals surface area contributed by atoms with Gasteiger partial charge in [0.25, 0.3) is 5.91 Å². The van der Waals surface area contributed by atoms with Gasteiger partial charge in [-0.1, -0.05) is 29.8 Å². The number of nitrogens with zero attached hydrogens (tertiary/aromatic N) is 1. The molecule has 22 heavy (non-hydrogen) atoms. The highest BCUT2D eigenvalue weighted by atomic mass is 35.5. The molecule has 0 aromatic heterocycles. The van der Waals surface area contributed by atoms with Gasteiger partial charge in [0.2, 0.25) is 5.91 Å². The van der Waals surface area contributed by atoms with E-state index in [4.69, 9.17) is 21.1 Å². The Labute approximate surface area is 133 Å². The molecule has 0 aliphatic carbocycles. The second kappa shape index (κ2) is 6.64. The summed E-state index contributed by atoms with van der Waals surface area (Å²) >= 11 is 6.21. The first-order valence-electron chi connectivity index (χ1n) is 7.19. The molecule has 2 atom stereocenters. The lowest BCUT2D eigenvalue weighted by Crippen LogP contribution is -2.55. The molecule has 0 radical (unpaired) electrons. The summed E-state index contributed by atoms with van der Waals surface area (Å²) < 4.78 is 10.8. The minimum Gasteiger partial charge on any atom is -0.378 e. The Bertz CT molecular complexity index is 574. The highest BCUT2D eigenvalue weighted by molar-refractivity contribution is 6.31. The van der Waals surface area contributed by atoms with E-state index < -0.39 is 12.1 Å². The van der Waals surface area contributed by atoms with Crippen molar-refractivity contribution in [3.63, 3.8) is 0 Å². The first kappa shape index (κ1) is 15.3. The molecular formula is C15H17ClN2O4. The minimum absolute atomic E-state index is 0.123. The van der Waals surface area contributed by atoms with Crippen LogP contribution in [-0.4, -0.2) is 55.7 Å². The van der Waals surface area contributed by atoms with Crippen LogP contribution in [0.2, 0.25) is 5.02 Å². The fourth-order valence-corrected chi connectivity index (χ4v) is 2.95. The highest BCUT2D eigenvalue weighted by Gasteiger charge is 2.39. The Kier molecular flexibility index (Phi) is 4.61. The average molecular weight is 325 g/mol. The second-order valence-corrected chi connectivity index (χ2v) is 5.64. The van der Waals surface area contributed by atoms with Crippen LogP contribution in [0.3, 0.4) is 0 Å². The molecule has 0 spiro atoms. The SMILES string of the molecule is O=C1CO[C@H](C(=O)N2CCOCC2)[C@@H](c2ccccc2Cl)N1. The molecule has 7 heteroatoms. The average Bonchev–Trinajstić information content (AvgIpc) is 2.55. The van der Waals surface area contributed by atoms with E-state index in [-0.39, 0.29) is 18.4 Å². The predicted molar refractivity (Wildman–Crippen MR) is 79.5 cm³/mol. The van der Waals surface area contributed by atoms with Crippen molar-refractivity contribution in [2.75, 3.05) is 32.9 Å². The molecule has 1 aromatic rings. The molecule has 2 amide bonds. The van der Waals surface area contributed by atoms with E-state index in [1.807, 2.05) is 6.07 Å². The summed E-state index contributed by atoms with van der Waals surface area (Å²) in [6.45, 7) is 1.97. The number of rotatable bonds is 2. The zero-order valence-corrected chi connectivity index (χ0v) is 12.7. The number of carbonyl (C=O) groups is 2. The van der Waals surface area contributed by atoms with Gasteiger partial charge in [0.1, 0.15) is 6.61 Å². The van der Waals surface area contributed by atoms with E-state index in [0.29, 0.717) is 36.9 Å². The van der Waals surface area contributed by atoms with Crippen molar-refractivity contribution in [3.05, 3.63) is 34.9 Å². The normalized spacial score (nSPS) is 25.7. The maximum absolute atomic E-state index is 12.7. The van der Waals surface area contributed by atoms with Crippen molar-refractivity contribution in [1.29, 1.82) is 0 Å². The zero-order chi connectivity index (χ0) is 15.5. The number of hydrogen-bond acceptors (Lipinski definition) is 4. The quantitative estimate of drug-likeness (QED) is 0.872. The molecule has 0 unspecified atom stereocenters. The monoisotopic (exact) mass is 324 g/mol. The molecule has 6 nitrogen and oxygen atoms in total. The predicted octanol–water partition coefficient (Wildman–Crippen LogP) is 0.755. The van der Waals surface area contributed by atoms with Gasteiger partial charge in [-0.25, -0.2) is 0 Å². The molecule has 2 aliphatic heterocycles. The maximum atomic E-state index is 12.7. The van der Waals surface area contributed by atoms with Crippen LogP contribution in [0, 0.1) is 0 Å². The maximum Gasteiger partial charge on any atom is 0.254 e. The number of amides is 2. The summed E-state index contributed by atoms with van der Waals surface area (Å²) in [5.74, 6) is -0.399. The Hall–Kier alpha value is -1.63. The molecule has 2 fully saturated rings. The van der Waals surface area contributed by atoms with E-state index >= 15 is 0 Å². The van der Waals surface area contributed by atoms with Crippen LogP contribution in [0.1, 0.15) is 11.6 Å². The topological polar surface area (TPSA) is 67.9 Å². The van der Waals surface area contributed by atoms with E-state index in [0.717, 1.165) is 0 Å². The van der Waals surface area contributed by atoms with Crippen molar-refractivity contribution in [3.8, 4) is 0 Å². The summed E-state index contributed by atoms with van der Waals surface area (Å²) in [6.07, 6.45) is -0.768. The molecule has 118 valence electrons. The fraction of sp³-hybridized carbons (Fsp3) is 0.467. The number of ether oxygens (including phenoxy) is 2. The lowest BCUT2D eigenvalue weighted by molar-refractivity contribution is -0.158. The van der Waals surface area contributed by atoms with Crippen molar-refractivity contribution in [2.24, 2.45) is 0 Å². The lowest BCUT2D eigenvalue weighted by atomic mass is 9.98. The van der Waals surface area contributed by atoms with Gasteiger partial charge in [0.05, 0.1) is 19.3 Å². The van der Waals surface area contributed by atoms with E-state index in [2.05, 4.69) is 5.32 Å². The Morgan fingerprint density at radius 3 is 2.73 bits per heavy atom. The largest absolute Gasteiger partial charge is 0.378 e. The molecule has 3 rings (SSSR count).